The molecule has 1 unspecified atom stereocenters. The van der Waals surface area contributed by atoms with E-state index in [1.54, 1.807) is 18.3 Å². The summed E-state index contributed by atoms with van der Waals surface area (Å²) < 4.78 is 18.4. The quantitative estimate of drug-likeness (QED) is 0.769. The smallest absolute Gasteiger partial charge is 0.226 e. The van der Waals surface area contributed by atoms with Gasteiger partial charge in [0.15, 0.2) is 0 Å². The van der Waals surface area contributed by atoms with Crippen LogP contribution in [0.4, 0.5) is 10.1 Å². The van der Waals surface area contributed by atoms with Gasteiger partial charge in [-0.3, -0.25) is 4.79 Å². The molecule has 2 N–H and O–H groups in total. The predicted octanol–water partition coefficient (Wildman–Crippen LogP) is 3.89. The summed E-state index contributed by atoms with van der Waals surface area (Å²) in [5.41, 5.74) is 0.620. The van der Waals surface area contributed by atoms with E-state index in [4.69, 9.17) is 4.74 Å². The standard InChI is InChI=1S/C17H18FN3O2S.2ClH/c18-12-1-4-15(5-2-12)23-17-6-3-13(10-20-17)21-16(22)9-14-11-24-8-7-19-14;;/h1-6,10,14,19H,7-9,11H2,(H,21,22);2*1H. The Labute approximate surface area is 168 Å². The number of hydrogen-bond donors (Lipinski definition) is 2. The van der Waals surface area contributed by atoms with Gasteiger partial charge in [0, 0.05) is 36.6 Å². The maximum Gasteiger partial charge on any atom is 0.226 e. The van der Waals surface area contributed by atoms with Crippen LogP contribution in [0.15, 0.2) is 42.6 Å². The molecule has 1 aliphatic rings. The lowest BCUT2D eigenvalue weighted by Gasteiger charge is -2.22. The summed E-state index contributed by atoms with van der Waals surface area (Å²) in [6, 6.07) is 9.31. The van der Waals surface area contributed by atoms with Gasteiger partial charge in [0.1, 0.15) is 11.6 Å². The Kier molecular flexibility index (Phi) is 9.72. The average molecular weight is 420 g/mol. The van der Waals surface area contributed by atoms with Crippen molar-refractivity contribution < 1.29 is 13.9 Å². The Balaban J connectivity index is 0.00000169. The van der Waals surface area contributed by atoms with E-state index in [9.17, 15) is 9.18 Å². The number of carbonyl (C=O) groups excluding carboxylic acids is 1. The van der Waals surface area contributed by atoms with E-state index < -0.39 is 0 Å². The van der Waals surface area contributed by atoms with Crippen LogP contribution in [0, 0.1) is 5.82 Å². The van der Waals surface area contributed by atoms with Crippen molar-refractivity contribution >= 4 is 48.2 Å². The second-order valence-electron chi connectivity index (χ2n) is 5.42. The molecule has 0 aliphatic carbocycles. The fraction of sp³-hybridized carbons (Fsp3) is 0.294. The number of thioether (sulfide) groups is 1. The topological polar surface area (TPSA) is 63.2 Å². The molecule has 142 valence electrons. The number of nitrogens with one attached hydrogen (secondary N) is 2. The maximum atomic E-state index is 12.9. The molecular formula is C17H20Cl2FN3O2S. The first-order chi connectivity index (χ1) is 11.7. The highest BCUT2D eigenvalue weighted by molar-refractivity contribution is 7.99. The fourth-order valence-electron chi connectivity index (χ4n) is 2.32. The summed E-state index contributed by atoms with van der Waals surface area (Å²) in [6.07, 6.45) is 1.99. The average Bonchev–Trinajstić information content (AvgIpc) is 2.59. The van der Waals surface area contributed by atoms with Gasteiger partial charge in [-0.1, -0.05) is 0 Å². The SMILES string of the molecule is Cl.Cl.O=C(CC1CSCCN1)Nc1ccc(Oc2ccc(F)cc2)nc1. The number of benzene rings is 1. The van der Waals surface area contributed by atoms with Crippen molar-refractivity contribution in [3.63, 3.8) is 0 Å². The minimum Gasteiger partial charge on any atom is -0.439 e. The first-order valence-corrected chi connectivity index (χ1v) is 8.85. The number of hydrogen-bond acceptors (Lipinski definition) is 5. The molecule has 1 fully saturated rings. The lowest BCUT2D eigenvalue weighted by atomic mass is 10.2. The third kappa shape index (κ3) is 6.99. The van der Waals surface area contributed by atoms with Crippen molar-refractivity contribution in [1.29, 1.82) is 0 Å². The van der Waals surface area contributed by atoms with Crippen molar-refractivity contribution in [3.8, 4) is 11.6 Å². The number of carbonyl (C=O) groups is 1. The number of ether oxygens (including phenoxy) is 1. The van der Waals surface area contributed by atoms with Crippen LogP contribution in [0.1, 0.15) is 6.42 Å². The summed E-state index contributed by atoms with van der Waals surface area (Å²) in [6.45, 7) is 0.944. The molecule has 1 atom stereocenters. The lowest BCUT2D eigenvalue weighted by Crippen LogP contribution is -2.39. The van der Waals surface area contributed by atoms with E-state index >= 15 is 0 Å². The number of halogens is 3. The number of rotatable bonds is 5. The molecule has 26 heavy (non-hydrogen) atoms. The summed E-state index contributed by atoms with van der Waals surface area (Å²) in [5, 5.41) is 6.16. The molecule has 1 aromatic carbocycles. The first-order valence-electron chi connectivity index (χ1n) is 7.69. The van der Waals surface area contributed by atoms with Crippen LogP contribution in [-0.2, 0) is 4.79 Å². The first kappa shape index (κ1) is 22.5. The van der Waals surface area contributed by atoms with Crippen LogP contribution in [0.25, 0.3) is 0 Å². The van der Waals surface area contributed by atoms with Crippen LogP contribution >= 0.6 is 36.6 Å². The van der Waals surface area contributed by atoms with Gasteiger partial charge >= 0.3 is 0 Å². The van der Waals surface area contributed by atoms with Gasteiger partial charge in [-0.15, -0.1) is 24.8 Å². The molecule has 1 saturated heterocycles. The normalized spacial score (nSPS) is 16.0. The predicted molar refractivity (Wildman–Crippen MR) is 108 cm³/mol. The van der Waals surface area contributed by atoms with Gasteiger partial charge < -0.3 is 15.4 Å². The minimum atomic E-state index is -0.320. The molecule has 9 heteroatoms. The molecule has 0 saturated carbocycles. The fourth-order valence-corrected chi connectivity index (χ4v) is 3.27. The van der Waals surface area contributed by atoms with Crippen LogP contribution in [0.3, 0.4) is 0 Å². The zero-order valence-corrected chi connectivity index (χ0v) is 16.3. The lowest BCUT2D eigenvalue weighted by molar-refractivity contribution is -0.116. The molecule has 5 nitrogen and oxygen atoms in total. The van der Waals surface area contributed by atoms with E-state index in [0.29, 0.717) is 23.7 Å². The Morgan fingerprint density at radius 1 is 1.27 bits per heavy atom. The van der Waals surface area contributed by atoms with Crippen LogP contribution in [-0.4, -0.2) is 35.0 Å². The Morgan fingerprint density at radius 2 is 2.04 bits per heavy atom. The number of anilines is 1. The molecule has 1 aromatic heterocycles. The molecule has 1 amide bonds. The Hall–Kier alpha value is -1.54. The zero-order valence-electron chi connectivity index (χ0n) is 13.8. The van der Waals surface area contributed by atoms with Crippen molar-refractivity contribution in [2.24, 2.45) is 0 Å². The third-order valence-corrected chi connectivity index (χ3v) is 4.62. The largest absolute Gasteiger partial charge is 0.439 e. The van der Waals surface area contributed by atoms with Gasteiger partial charge in [-0.2, -0.15) is 11.8 Å². The second-order valence-corrected chi connectivity index (χ2v) is 6.57. The van der Waals surface area contributed by atoms with Crippen molar-refractivity contribution in [2.45, 2.75) is 12.5 Å². The molecule has 2 aromatic rings. The Bertz CT molecular complexity index is 683. The van der Waals surface area contributed by atoms with E-state index in [1.807, 2.05) is 11.8 Å². The van der Waals surface area contributed by atoms with E-state index in [1.165, 1.54) is 24.3 Å². The van der Waals surface area contributed by atoms with Gasteiger partial charge in [0.25, 0.3) is 0 Å². The monoisotopic (exact) mass is 419 g/mol. The molecule has 3 rings (SSSR count). The second kappa shape index (κ2) is 11.2. The van der Waals surface area contributed by atoms with Gasteiger partial charge in [-0.05, 0) is 30.3 Å². The highest BCUT2D eigenvalue weighted by Crippen LogP contribution is 2.21. The zero-order chi connectivity index (χ0) is 16.8. The van der Waals surface area contributed by atoms with Gasteiger partial charge in [-0.25, -0.2) is 9.37 Å². The number of amides is 1. The molecule has 0 spiro atoms. The van der Waals surface area contributed by atoms with Crippen LogP contribution in [0.2, 0.25) is 0 Å². The van der Waals surface area contributed by atoms with Crippen LogP contribution in [0.5, 0.6) is 11.6 Å². The molecular weight excluding hydrogens is 400 g/mol. The summed E-state index contributed by atoms with van der Waals surface area (Å²) in [4.78, 5) is 16.2. The Morgan fingerprint density at radius 3 is 2.65 bits per heavy atom. The van der Waals surface area contributed by atoms with Gasteiger partial charge in [0.05, 0.1) is 11.9 Å². The molecule has 0 bridgehead atoms. The van der Waals surface area contributed by atoms with Crippen molar-refractivity contribution in [1.82, 2.24) is 10.3 Å². The highest BCUT2D eigenvalue weighted by atomic mass is 35.5. The van der Waals surface area contributed by atoms with Crippen molar-refractivity contribution in [2.75, 3.05) is 23.4 Å². The van der Waals surface area contributed by atoms with E-state index in [0.717, 1.165) is 18.1 Å². The summed E-state index contributed by atoms with van der Waals surface area (Å²) in [7, 11) is 0. The van der Waals surface area contributed by atoms with Crippen molar-refractivity contribution in [3.05, 3.63) is 48.4 Å². The van der Waals surface area contributed by atoms with Crippen LogP contribution < -0.4 is 15.4 Å². The molecule has 2 heterocycles. The summed E-state index contributed by atoms with van der Waals surface area (Å²) >= 11 is 1.86. The maximum absolute atomic E-state index is 12.9. The number of nitrogens with zero attached hydrogens (tertiary/aromatic N) is 1. The highest BCUT2D eigenvalue weighted by Gasteiger charge is 2.16. The third-order valence-electron chi connectivity index (χ3n) is 3.49. The molecule has 0 radical (unpaired) electrons. The minimum absolute atomic E-state index is 0. The van der Waals surface area contributed by atoms with Gasteiger partial charge in [0.2, 0.25) is 11.8 Å². The number of pyridine rings is 1. The number of aromatic nitrogens is 1. The molecule has 1 aliphatic heterocycles. The van der Waals surface area contributed by atoms with E-state index in [-0.39, 0.29) is 42.6 Å². The van der Waals surface area contributed by atoms with E-state index in [2.05, 4.69) is 15.6 Å². The summed E-state index contributed by atoms with van der Waals surface area (Å²) in [5.74, 6) is 2.57.